The molecule has 19 heavy (non-hydrogen) atoms. The van der Waals surface area contributed by atoms with Crippen LogP contribution >= 0.6 is 23.2 Å². The van der Waals surface area contributed by atoms with Gasteiger partial charge in [0.05, 0.1) is 5.69 Å². The first kappa shape index (κ1) is 18.4. The summed E-state index contributed by atoms with van der Waals surface area (Å²) in [5.74, 6) is 0.200. The third-order valence-electron chi connectivity index (χ3n) is 2.69. The van der Waals surface area contributed by atoms with Gasteiger partial charge in [0, 0.05) is 6.54 Å². The minimum atomic E-state index is -0.468. The van der Waals surface area contributed by atoms with Gasteiger partial charge in [0.2, 0.25) is 0 Å². The summed E-state index contributed by atoms with van der Waals surface area (Å²) in [6, 6.07) is 6.92. The normalized spacial score (nSPS) is 10.3. The van der Waals surface area contributed by atoms with Crippen LogP contribution in [0.15, 0.2) is 24.3 Å². The third kappa shape index (κ3) is 8.98. The van der Waals surface area contributed by atoms with Crippen molar-refractivity contribution in [2.75, 3.05) is 31.5 Å². The van der Waals surface area contributed by atoms with E-state index in [0.717, 1.165) is 0 Å². The van der Waals surface area contributed by atoms with Crippen LogP contribution in [0, 0.1) is 0 Å². The Bertz CT molecular complexity index is 325. The van der Waals surface area contributed by atoms with Crippen molar-refractivity contribution in [1.82, 2.24) is 4.90 Å². The van der Waals surface area contributed by atoms with Crippen LogP contribution in [-0.2, 0) is 0 Å². The molecule has 0 aliphatic carbocycles. The number of anilines is 1. The molecule has 1 rings (SSSR count). The molecular formula is C14H24Cl2N2O. The summed E-state index contributed by atoms with van der Waals surface area (Å²) in [6.45, 7) is 10.5. The highest BCUT2D eigenvalue weighted by Crippen LogP contribution is 2.21. The number of phenolic OH excluding ortho intramolecular Hbond substituents is 1. The van der Waals surface area contributed by atoms with E-state index in [9.17, 15) is 5.11 Å². The molecule has 0 saturated heterocycles. The van der Waals surface area contributed by atoms with Crippen molar-refractivity contribution in [1.29, 1.82) is 0 Å². The van der Waals surface area contributed by atoms with Crippen LogP contribution in [0.25, 0.3) is 0 Å². The molecule has 0 unspecified atom stereocenters. The van der Waals surface area contributed by atoms with E-state index < -0.39 is 4.84 Å². The summed E-state index contributed by atoms with van der Waals surface area (Å²) >= 11 is 11.0. The van der Waals surface area contributed by atoms with Gasteiger partial charge in [-0.05, 0) is 31.8 Å². The molecule has 0 spiro atoms. The Morgan fingerprint density at radius 1 is 1.11 bits per heavy atom. The van der Waals surface area contributed by atoms with Gasteiger partial charge in [0.1, 0.15) is 10.6 Å². The topological polar surface area (TPSA) is 35.5 Å². The fourth-order valence-electron chi connectivity index (χ4n) is 1.48. The van der Waals surface area contributed by atoms with Gasteiger partial charge < -0.3 is 15.3 Å². The van der Waals surface area contributed by atoms with E-state index in [4.69, 9.17) is 23.2 Å². The predicted molar refractivity (Wildman–Crippen MR) is 85.6 cm³/mol. The largest absolute Gasteiger partial charge is 0.506 e. The van der Waals surface area contributed by atoms with E-state index >= 15 is 0 Å². The lowest BCUT2D eigenvalue weighted by Crippen LogP contribution is -2.21. The van der Waals surface area contributed by atoms with Crippen LogP contribution in [0.1, 0.15) is 20.8 Å². The number of alkyl halides is 2. The van der Waals surface area contributed by atoms with Gasteiger partial charge in [0.25, 0.3) is 0 Å². The number of hydrogen-bond acceptors (Lipinski definition) is 3. The maximum absolute atomic E-state index is 9.27. The van der Waals surface area contributed by atoms with Crippen LogP contribution in [0.4, 0.5) is 5.69 Å². The Hall–Kier alpha value is -0.640. The molecule has 0 radical (unpaired) electrons. The SMILES string of the molecule is CCN(CC)CC.Oc1ccccc1NCC(Cl)Cl. The summed E-state index contributed by atoms with van der Waals surface area (Å²) in [6.07, 6.45) is 0. The first-order valence-corrected chi connectivity index (χ1v) is 7.44. The molecular weight excluding hydrogens is 283 g/mol. The smallest absolute Gasteiger partial charge is 0.138 e. The first-order chi connectivity index (χ1) is 9.04. The molecule has 0 aliphatic rings. The van der Waals surface area contributed by atoms with Gasteiger partial charge in [-0.3, -0.25) is 0 Å². The predicted octanol–water partition coefficient (Wildman–Crippen LogP) is 3.96. The monoisotopic (exact) mass is 306 g/mol. The number of benzene rings is 1. The van der Waals surface area contributed by atoms with Crippen LogP contribution in [0.5, 0.6) is 5.75 Å². The zero-order valence-corrected chi connectivity index (χ0v) is 13.4. The van der Waals surface area contributed by atoms with Crippen LogP contribution in [0.3, 0.4) is 0 Å². The van der Waals surface area contributed by atoms with Crippen molar-refractivity contribution in [2.45, 2.75) is 25.6 Å². The van der Waals surface area contributed by atoms with Crippen molar-refractivity contribution < 1.29 is 5.11 Å². The summed E-state index contributed by atoms with van der Waals surface area (Å²) < 4.78 is 0. The Labute approximate surface area is 126 Å². The van der Waals surface area contributed by atoms with Crippen molar-refractivity contribution >= 4 is 28.9 Å². The molecule has 0 fully saturated rings. The molecule has 0 atom stereocenters. The highest BCUT2D eigenvalue weighted by molar-refractivity contribution is 6.44. The number of para-hydroxylation sites is 2. The zero-order valence-electron chi connectivity index (χ0n) is 11.9. The number of halogens is 2. The average molecular weight is 307 g/mol. The fourth-order valence-corrected chi connectivity index (χ4v) is 1.64. The molecule has 110 valence electrons. The summed E-state index contributed by atoms with van der Waals surface area (Å²) in [5, 5.41) is 12.2. The van der Waals surface area contributed by atoms with Crippen LogP contribution < -0.4 is 5.32 Å². The summed E-state index contributed by atoms with van der Waals surface area (Å²) in [4.78, 5) is 1.91. The lowest BCUT2D eigenvalue weighted by molar-refractivity contribution is 0.321. The van der Waals surface area contributed by atoms with Gasteiger partial charge in [-0.2, -0.15) is 0 Å². The van der Waals surface area contributed by atoms with E-state index in [1.807, 2.05) is 6.07 Å². The van der Waals surface area contributed by atoms with E-state index in [2.05, 4.69) is 31.0 Å². The van der Waals surface area contributed by atoms with Crippen LogP contribution in [0.2, 0.25) is 0 Å². The average Bonchev–Trinajstić information content (AvgIpc) is 2.40. The van der Waals surface area contributed by atoms with E-state index in [0.29, 0.717) is 12.2 Å². The van der Waals surface area contributed by atoms with Crippen molar-refractivity contribution in [3.05, 3.63) is 24.3 Å². The zero-order chi connectivity index (χ0) is 14.7. The molecule has 0 heterocycles. The Balaban J connectivity index is 0.000000399. The molecule has 0 aromatic heterocycles. The number of rotatable bonds is 6. The standard InChI is InChI=1S/C8H9Cl2NO.C6H15N/c9-8(10)5-11-6-3-1-2-4-7(6)12;1-4-7(5-2)6-3/h1-4,8,11-12H,5H2;4-6H2,1-3H3. The molecule has 1 aromatic carbocycles. The van der Waals surface area contributed by atoms with Crippen molar-refractivity contribution in [2.24, 2.45) is 0 Å². The van der Waals surface area contributed by atoms with Gasteiger partial charge in [0.15, 0.2) is 0 Å². The first-order valence-electron chi connectivity index (χ1n) is 6.57. The third-order valence-corrected chi connectivity index (χ3v) is 3.00. The van der Waals surface area contributed by atoms with E-state index in [-0.39, 0.29) is 5.75 Å². The van der Waals surface area contributed by atoms with Gasteiger partial charge >= 0.3 is 0 Å². The summed E-state index contributed by atoms with van der Waals surface area (Å²) in [5.41, 5.74) is 0.642. The Kier molecular flexibility index (Phi) is 10.8. The maximum atomic E-state index is 9.27. The number of nitrogens with one attached hydrogen (secondary N) is 1. The van der Waals surface area contributed by atoms with Gasteiger partial charge in [-0.25, -0.2) is 0 Å². The van der Waals surface area contributed by atoms with E-state index in [1.165, 1.54) is 19.6 Å². The number of aromatic hydroxyl groups is 1. The fraction of sp³-hybridized carbons (Fsp3) is 0.571. The quantitative estimate of drug-likeness (QED) is 0.617. The maximum Gasteiger partial charge on any atom is 0.138 e. The van der Waals surface area contributed by atoms with Crippen LogP contribution in [-0.4, -0.2) is 41.0 Å². The summed E-state index contributed by atoms with van der Waals surface area (Å²) in [7, 11) is 0. The molecule has 1 aromatic rings. The number of hydrogen-bond donors (Lipinski definition) is 2. The van der Waals surface area contributed by atoms with Gasteiger partial charge in [-0.15, -0.1) is 23.2 Å². The second kappa shape index (κ2) is 11.2. The molecule has 3 nitrogen and oxygen atoms in total. The lowest BCUT2D eigenvalue weighted by atomic mass is 10.3. The van der Waals surface area contributed by atoms with E-state index in [1.54, 1.807) is 18.2 Å². The molecule has 0 amide bonds. The lowest BCUT2D eigenvalue weighted by Gasteiger charge is -2.13. The minimum Gasteiger partial charge on any atom is -0.506 e. The molecule has 0 aliphatic heterocycles. The van der Waals surface area contributed by atoms with Crippen molar-refractivity contribution in [3.8, 4) is 5.75 Å². The molecule has 0 saturated carbocycles. The number of nitrogens with zero attached hydrogens (tertiary/aromatic N) is 1. The molecule has 0 bridgehead atoms. The minimum absolute atomic E-state index is 0.200. The highest BCUT2D eigenvalue weighted by Gasteiger charge is 2.01. The molecule has 5 heteroatoms. The Morgan fingerprint density at radius 2 is 1.63 bits per heavy atom. The van der Waals surface area contributed by atoms with Crippen molar-refractivity contribution in [3.63, 3.8) is 0 Å². The Morgan fingerprint density at radius 3 is 2.00 bits per heavy atom. The van der Waals surface area contributed by atoms with Gasteiger partial charge in [-0.1, -0.05) is 32.9 Å². The second-order valence-electron chi connectivity index (χ2n) is 3.91. The molecule has 2 N–H and O–H groups in total. The highest BCUT2D eigenvalue weighted by atomic mass is 35.5. The second-order valence-corrected chi connectivity index (χ2v) is 5.19. The number of phenols is 1.